The molecule has 8 bridgehead atoms. The van der Waals surface area contributed by atoms with Crippen LogP contribution in [0.1, 0.15) is 99.7 Å². The van der Waals surface area contributed by atoms with Gasteiger partial charge in [0.05, 0.1) is 92.3 Å². The van der Waals surface area contributed by atoms with Crippen LogP contribution in [0.25, 0.3) is 0 Å². The van der Waals surface area contributed by atoms with Crippen molar-refractivity contribution in [3.63, 3.8) is 0 Å². The van der Waals surface area contributed by atoms with Gasteiger partial charge in [-0.05, 0) is 76.1 Å². The SMILES string of the molecule is CCCOCCOCCN1CCNC(=O)c2cccc(c2O)C(=O)NCCN(CC(CN2CCNC(=O)c3cc(C)n(c(=O)c3O)CC(=O)NCCN(CCOCCOCCOC)CCNC(=O)Cn3c(C)cc(c(O)c3=O)C(=O)NCC2)OCCCCN)CCNC(=O)c2cccc(c2O)C(=O)NCC1. The van der Waals surface area contributed by atoms with Gasteiger partial charge in [0, 0.05) is 163 Å². The van der Waals surface area contributed by atoms with Gasteiger partial charge in [-0.15, -0.1) is 0 Å². The van der Waals surface area contributed by atoms with Crippen molar-refractivity contribution in [3.05, 3.63) is 114 Å². The minimum atomic E-state index is -0.997. The molecule has 4 aromatic rings. The maximum absolute atomic E-state index is 14.0. The van der Waals surface area contributed by atoms with Gasteiger partial charge >= 0.3 is 0 Å². The number of unbranched alkanes of at least 4 members (excludes halogenated alkanes) is 1. The second-order valence-corrected chi connectivity index (χ2v) is 25.2. The smallest absolute Gasteiger partial charge is 0.294 e. The lowest BCUT2D eigenvalue weighted by atomic mass is 10.1. The summed E-state index contributed by atoms with van der Waals surface area (Å²) in [4.78, 5) is 145. The Kier molecular flexibility index (Phi) is 37.8. The van der Waals surface area contributed by atoms with Gasteiger partial charge in [-0.1, -0.05) is 19.1 Å². The third kappa shape index (κ3) is 28.3. The Morgan fingerprint density at radius 1 is 0.406 bits per heavy atom. The molecular formula is C71H107N15O20. The third-order valence-electron chi connectivity index (χ3n) is 17.4. The summed E-state index contributed by atoms with van der Waals surface area (Å²) in [6.07, 6.45) is 1.23. The van der Waals surface area contributed by atoms with Crippen LogP contribution in [-0.4, -0.2) is 313 Å². The van der Waals surface area contributed by atoms with Gasteiger partial charge in [0.2, 0.25) is 11.8 Å². The van der Waals surface area contributed by atoms with E-state index in [1.54, 1.807) is 7.11 Å². The number of carbonyl (C=O) groups is 8. The van der Waals surface area contributed by atoms with Crippen molar-refractivity contribution >= 4 is 47.3 Å². The molecule has 7 heterocycles. The van der Waals surface area contributed by atoms with Gasteiger partial charge in [0.15, 0.2) is 11.5 Å². The number of fused-ring (bicyclic) bond motifs is 4. The summed E-state index contributed by atoms with van der Waals surface area (Å²) >= 11 is 0. The monoisotopic (exact) mass is 1490 g/mol. The highest BCUT2D eigenvalue weighted by Crippen LogP contribution is 2.24. The van der Waals surface area contributed by atoms with Crippen molar-refractivity contribution in [1.82, 2.24) is 71.3 Å². The van der Waals surface area contributed by atoms with Crippen LogP contribution in [0.3, 0.4) is 0 Å². The predicted molar refractivity (Wildman–Crippen MR) is 390 cm³/mol. The molecule has 0 saturated heterocycles. The molecule has 2 aromatic heterocycles. The number of carbonyl (C=O) groups excluding carboxylic acids is 8. The van der Waals surface area contributed by atoms with E-state index in [2.05, 4.69) is 42.5 Å². The molecule has 35 nitrogen and oxygen atoms in total. The van der Waals surface area contributed by atoms with Crippen molar-refractivity contribution in [3.8, 4) is 23.0 Å². The van der Waals surface area contributed by atoms with Crippen molar-refractivity contribution < 1.29 is 87.2 Å². The molecule has 106 heavy (non-hydrogen) atoms. The number of hydrogen-bond acceptors (Lipinski definition) is 25. The van der Waals surface area contributed by atoms with E-state index in [-0.39, 0.29) is 176 Å². The van der Waals surface area contributed by atoms with Crippen molar-refractivity contribution in [2.75, 3.05) is 211 Å². The Bertz CT molecular complexity index is 3450. The summed E-state index contributed by atoms with van der Waals surface area (Å²) < 4.78 is 36.1. The van der Waals surface area contributed by atoms with E-state index in [0.29, 0.717) is 85.3 Å². The Labute approximate surface area is 616 Å². The van der Waals surface area contributed by atoms with E-state index in [1.807, 2.05) is 26.5 Å². The molecule has 9 rings (SSSR count). The number of phenols is 2. The molecule has 1 atom stereocenters. The van der Waals surface area contributed by atoms with Crippen LogP contribution in [0.2, 0.25) is 0 Å². The molecule has 1 unspecified atom stereocenters. The lowest BCUT2D eigenvalue weighted by molar-refractivity contribution is -0.122. The number of benzene rings is 2. The number of aryl methyl sites for hydroxylation is 2. The first-order valence-corrected chi connectivity index (χ1v) is 35.9. The number of nitrogens with two attached hydrogens (primary N) is 1. The molecule has 5 aliphatic rings. The standard InChI is InChI=1S/C71H107N15O20/c1-5-33-102-39-40-103-36-32-82-25-17-75-64(93)52-10-8-12-54(60(52)89)66(95)77-19-27-83(28-20-78-67(96)55-13-9-11-53(61(55)90)65(94)76-18-26-82)45-51(106-34-7-6-14-72)46-84-29-21-79-68(97)56-43-49(2)85(70(99)62(56)91)47-58(87)73-15-23-81(31-35-104-41-42-105-38-37-101-4)24-16-74-59(88)48-86-50(3)44-57(63(92)71(86)100)69(98)80-22-30-84/h8-13,43-44,51,89-92H,5-7,14-42,45-48,72H2,1-4H3,(H,73,87)(H,74,88)(H,75,93)(H,76,94)(H,77,95)(H,78,96)(H,79,97)(H,80,98). The van der Waals surface area contributed by atoms with E-state index < -0.39 is 101 Å². The Morgan fingerprint density at radius 3 is 1.08 bits per heavy atom. The van der Waals surface area contributed by atoms with Crippen molar-refractivity contribution in [2.24, 2.45) is 5.73 Å². The summed E-state index contributed by atoms with van der Waals surface area (Å²) in [5.41, 5.74) is 2.85. The predicted octanol–water partition coefficient (Wildman–Crippen LogP) is -2.36. The van der Waals surface area contributed by atoms with Crippen LogP contribution in [0.15, 0.2) is 58.1 Å². The van der Waals surface area contributed by atoms with E-state index in [1.165, 1.54) is 62.4 Å². The number of hydrogen-bond donors (Lipinski definition) is 13. The fourth-order valence-electron chi connectivity index (χ4n) is 11.5. The third-order valence-corrected chi connectivity index (χ3v) is 17.4. The van der Waals surface area contributed by atoms with Crippen LogP contribution in [0.5, 0.6) is 23.0 Å². The largest absolute Gasteiger partial charge is 0.506 e. The number of rotatable bonds is 26. The van der Waals surface area contributed by atoms with E-state index in [9.17, 15) is 68.4 Å². The van der Waals surface area contributed by atoms with Crippen LogP contribution in [-0.2, 0) is 51.1 Å². The minimum Gasteiger partial charge on any atom is -0.506 e. The number of methoxy groups -OCH3 is 1. The average molecular weight is 1490 g/mol. The minimum absolute atomic E-state index is 0.0232. The van der Waals surface area contributed by atoms with Crippen LogP contribution >= 0.6 is 0 Å². The van der Waals surface area contributed by atoms with Crippen LogP contribution in [0, 0.1) is 13.8 Å². The second kappa shape index (κ2) is 46.7. The fraction of sp³-hybridized carbons (Fsp3) is 0.577. The van der Waals surface area contributed by atoms with Crippen molar-refractivity contribution in [1.29, 1.82) is 0 Å². The zero-order chi connectivity index (χ0) is 76.8. The number of amides is 8. The number of para-hydroxylation sites is 2. The molecule has 0 fully saturated rings. The van der Waals surface area contributed by atoms with Crippen LogP contribution < -0.4 is 59.4 Å². The van der Waals surface area contributed by atoms with E-state index in [0.717, 1.165) is 15.6 Å². The summed E-state index contributed by atoms with van der Waals surface area (Å²) in [5, 5.41) is 67.7. The maximum Gasteiger partial charge on any atom is 0.294 e. The van der Waals surface area contributed by atoms with Gasteiger partial charge in [0.25, 0.3) is 46.6 Å². The van der Waals surface area contributed by atoms with Crippen LogP contribution in [0.4, 0.5) is 0 Å². The molecule has 0 aliphatic carbocycles. The zero-order valence-corrected chi connectivity index (χ0v) is 61.2. The molecule has 35 heteroatoms. The highest BCUT2D eigenvalue weighted by Gasteiger charge is 2.27. The quantitative estimate of drug-likeness (QED) is 0.0293. The van der Waals surface area contributed by atoms with Gasteiger partial charge in [-0.3, -0.25) is 67.5 Å². The molecule has 0 spiro atoms. The highest BCUT2D eigenvalue weighted by molar-refractivity contribution is 6.05. The van der Waals surface area contributed by atoms with E-state index in [4.69, 9.17) is 34.2 Å². The van der Waals surface area contributed by atoms with Gasteiger partial charge in [-0.25, -0.2) is 0 Å². The van der Waals surface area contributed by atoms with Crippen molar-refractivity contribution in [2.45, 2.75) is 59.2 Å². The molecule has 586 valence electrons. The molecule has 2 aromatic carbocycles. The number of aromatic hydroxyl groups is 4. The molecule has 0 saturated carbocycles. The summed E-state index contributed by atoms with van der Waals surface area (Å²) in [7, 11) is 1.56. The van der Waals surface area contributed by atoms with Gasteiger partial charge in [-0.2, -0.15) is 0 Å². The highest BCUT2D eigenvalue weighted by atomic mass is 16.5. The lowest BCUT2D eigenvalue weighted by Crippen LogP contribution is -2.48. The first-order valence-electron chi connectivity index (χ1n) is 35.9. The molecule has 0 radical (unpaired) electrons. The van der Waals surface area contributed by atoms with Gasteiger partial charge in [0.1, 0.15) is 24.6 Å². The topological polar surface area (TPSA) is 452 Å². The first kappa shape index (κ1) is 85.8. The van der Waals surface area contributed by atoms with Gasteiger partial charge < -0.3 is 106 Å². The Balaban J connectivity index is 1.25. The first-order chi connectivity index (χ1) is 51.1. The molecular weight excluding hydrogens is 1380 g/mol. The Morgan fingerprint density at radius 2 is 0.726 bits per heavy atom. The molecule has 5 aliphatic heterocycles. The molecule has 14 N–H and O–H groups in total. The number of nitrogens with zero attached hydrogens (tertiary/aromatic N) is 6. The average Bonchev–Trinajstić information content (AvgIpc) is 0.813. The summed E-state index contributed by atoms with van der Waals surface area (Å²) in [6.45, 7) is 10.1. The Hall–Kier alpha value is -9.14. The normalized spacial score (nSPS) is 17.0. The number of pyridine rings is 2. The number of phenolic OH excluding ortho intramolecular Hbond substituents is 2. The fourth-order valence-corrected chi connectivity index (χ4v) is 11.5. The maximum atomic E-state index is 14.0. The number of ether oxygens (including phenoxy) is 6. The second-order valence-electron chi connectivity index (χ2n) is 25.2. The summed E-state index contributed by atoms with van der Waals surface area (Å²) in [6, 6.07) is 11.0. The number of aromatic nitrogens is 2. The zero-order valence-electron chi connectivity index (χ0n) is 61.2. The number of nitrogens with one attached hydrogen (secondary N) is 8. The lowest BCUT2D eigenvalue weighted by Gasteiger charge is -2.32. The summed E-state index contributed by atoms with van der Waals surface area (Å²) in [5.74, 6) is -8.49. The molecule has 8 amide bonds. The van der Waals surface area contributed by atoms with E-state index >= 15 is 0 Å².